The Morgan fingerprint density at radius 1 is 1.17 bits per heavy atom. The first-order valence-electron chi connectivity index (χ1n) is 9.49. The van der Waals surface area contributed by atoms with Gasteiger partial charge < -0.3 is 9.64 Å². The second-order valence-electron chi connectivity index (χ2n) is 6.80. The van der Waals surface area contributed by atoms with E-state index in [4.69, 9.17) is 17.0 Å². The molecule has 152 valence electrons. The van der Waals surface area contributed by atoms with E-state index in [0.717, 1.165) is 16.2 Å². The summed E-state index contributed by atoms with van der Waals surface area (Å²) in [5.74, 6) is -0.272. The van der Waals surface area contributed by atoms with E-state index in [1.165, 1.54) is 24.3 Å². The van der Waals surface area contributed by atoms with Gasteiger partial charge in [0.1, 0.15) is 17.6 Å². The predicted octanol–water partition coefficient (Wildman–Crippen LogP) is 3.75. The molecule has 0 bridgehead atoms. The van der Waals surface area contributed by atoms with Gasteiger partial charge in [-0.05, 0) is 54.8 Å². The average molecular weight is 415 g/mol. The molecule has 0 spiro atoms. The Hall–Kier alpha value is -2.80. The molecule has 1 heterocycles. The molecule has 1 atom stereocenters. The molecule has 29 heavy (non-hydrogen) atoms. The van der Waals surface area contributed by atoms with Crippen LogP contribution >= 0.6 is 12.2 Å². The predicted molar refractivity (Wildman–Crippen MR) is 114 cm³/mol. The van der Waals surface area contributed by atoms with E-state index in [9.17, 15) is 14.0 Å². The van der Waals surface area contributed by atoms with Gasteiger partial charge in [-0.2, -0.15) is 0 Å². The Morgan fingerprint density at radius 2 is 1.83 bits per heavy atom. The van der Waals surface area contributed by atoms with Gasteiger partial charge in [-0.3, -0.25) is 9.59 Å². The van der Waals surface area contributed by atoms with Crippen molar-refractivity contribution in [3.63, 3.8) is 0 Å². The molecule has 1 aliphatic rings. The fourth-order valence-corrected chi connectivity index (χ4v) is 3.64. The number of amides is 2. The number of rotatable bonds is 7. The number of hydrogen-bond donors (Lipinski definition) is 0. The van der Waals surface area contributed by atoms with Crippen LogP contribution in [0.3, 0.4) is 0 Å². The summed E-state index contributed by atoms with van der Waals surface area (Å²) in [5, 5.41) is 0. The lowest BCUT2D eigenvalue weighted by atomic mass is 10.1. The zero-order chi connectivity index (χ0) is 21.0. The molecule has 0 aliphatic carbocycles. The maximum Gasteiger partial charge on any atom is 0.257 e. The number of nitrogens with zero attached hydrogens (tertiary/aromatic N) is 2. The first-order valence-corrected chi connectivity index (χ1v) is 9.90. The van der Waals surface area contributed by atoms with Gasteiger partial charge in [0, 0.05) is 6.54 Å². The minimum absolute atomic E-state index is 0.0545. The summed E-state index contributed by atoms with van der Waals surface area (Å²) in [4.78, 5) is 29.2. The molecule has 0 saturated carbocycles. The van der Waals surface area contributed by atoms with Crippen molar-refractivity contribution in [3.05, 3.63) is 59.9 Å². The molecule has 2 aromatic rings. The highest BCUT2D eigenvalue weighted by molar-refractivity contribution is 7.80. The van der Waals surface area contributed by atoms with Crippen LogP contribution in [-0.2, 0) is 16.0 Å². The van der Waals surface area contributed by atoms with Crippen molar-refractivity contribution in [3.8, 4) is 5.75 Å². The minimum atomic E-state index is -0.641. The molecule has 1 fully saturated rings. The summed E-state index contributed by atoms with van der Waals surface area (Å²) in [7, 11) is 1.62. The van der Waals surface area contributed by atoms with E-state index in [0.29, 0.717) is 30.1 Å². The molecular weight excluding hydrogens is 391 g/mol. The molecular formula is C22H23FN2O3S. The molecule has 2 amide bonds. The van der Waals surface area contributed by atoms with Gasteiger partial charge in [-0.15, -0.1) is 0 Å². The summed E-state index contributed by atoms with van der Waals surface area (Å²) in [6.07, 6.45) is 1.34. The van der Waals surface area contributed by atoms with Gasteiger partial charge in [0.15, 0.2) is 0 Å². The van der Waals surface area contributed by atoms with Crippen LogP contribution < -0.4 is 9.64 Å². The number of thiocarbonyl (C=S) groups is 1. The van der Waals surface area contributed by atoms with E-state index in [1.807, 2.05) is 36.1 Å². The fraction of sp³-hybridized carbons (Fsp3) is 0.318. The molecule has 0 radical (unpaired) electrons. The molecule has 7 heteroatoms. The summed E-state index contributed by atoms with van der Waals surface area (Å²) in [5.41, 5.74) is 1.46. The minimum Gasteiger partial charge on any atom is -0.497 e. The SMILES string of the molecule is CCC(=S)N(CCc1ccc(OC)cc1)[C@@H]1CC(=O)N(c2ccc(F)cc2)C1=O. The largest absolute Gasteiger partial charge is 0.497 e. The highest BCUT2D eigenvalue weighted by Gasteiger charge is 2.43. The molecule has 0 N–H and O–H groups in total. The van der Waals surface area contributed by atoms with Gasteiger partial charge in [-0.1, -0.05) is 31.3 Å². The first-order chi connectivity index (χ1) is 13.9. The number of carbonyl (C=O) groups is 2. The van der Waals surface area contributed by atoms with Gasteiger partial charge in [0.05, 0.1) is 24.2 Å². The Bertz CT molecular complexity index is 899. The van der Waals surface area contributed by atoms with Crippen LogP contribution in [0.15, 0.2) is 48.5 Å². The van der Waals surface area contributed by atoms with E-state index in [-0.39, 0.29) is 18.2 Å². The highest BCUT2D eigenvalue weighted by Crippen LogP contribution is 2.27. The van der Waals surface area contributed by atoms with Crippen LogP contribution in [0.1, 0.15) is 25.3 Å². The van der Waals surface area contributed by atoms with Gasteiger partial charge in [0.25, 0.3) is 5.91 Å². The van der Waals surface area contributed by atoms with Crippen LogP contribution in [0.4, 0.5) is 10.1 Å². The number of methoxy groups -OCH3 is 1. The number of ether oxygens (including phenoxy) is 1. The van der Waals surface area contributed by atoms with E-state index >= 15 is 0 Å². The fourth-order valence-electron chi connectivity index (χ4n) is 3.42. The van der Waals surface area contributed by atoms with Crippen molar-refractivity contribution in [1.82, 2.24) is 4.90 Å². The average Bonchev–Trinajstić information content (AvgIpc) is 3.03. The summed E-state index contributed by atoms with van der Waals surface area (Å²) >= 11 is 5.51. The third-order valence-electron chi connectivity index (χ3n) is 5.01. The lowest BCUT2D eigenvalue weighted by Crippen LogP contribution is -2.45. The molecule has 1 aliphatic heterocycles. The van der Waals surface area contributed by atoms with Crippen LogP contribution in [0.25, 0.3) is 0 Å². The molecule has 0 unspecified atom stereocenters. The lowest BCUT2D eigenvalue weighted by Gasteiger charge is -2.29. The van der Waals surface area contributed by atoms with Crippen molar-refractivity contribution in [2.75, 3.05) is 18.6 Å². The number of anilines is 1. The Morgan fingerprint density at radius 3 is 2.41 bits per heavy atom. The monoisotopic (exact) mass is 414 g/mol. The van der Waals surface area contributed by atoms with Crippen molar-refractivity contribution in [2.24, 2.45) is 0 Å². The molecule has 0 aromatic heterocycles. The number of imide groups is 1. The maximum atomic E-state index is 13.2. The van der Waals surface area contributed by atoms with Gasteiger partial charge in [0.2, 0.25) is 5.91 Å². The number of benzene rings is 2. The summed E-state index contributed by atoms with van der Waals surface area (Å²) in [6, 6.07) is 12.4. The second kappa shape index (κ2) is 9.13. The first kappa shape index (κ1) is 20.9. The summed E-state index contributed by atoms with van der Waals surface area (Å²) < 4.78 is 18.4. The highest BCUT2D eigenvalue weighted by atomic mass is 32.1. The smallest absolute Gasteiger partial charge is 0.257 e. The maximum absolute atomic E-state index is 13.2. The molecule has 5 nitrogen and oxygen atoms in total. The zero-order valence-corrected chi connectivity index (χ0v) is 17.2. The van der Waals surface area contributed by atoms with Gasteiger partial charge >= 0.3 is 0 Å². The molecule has 1 saturated heterocycles. The second-order valence-corrected chi connectivity index (χ2v) is 7.27. The van der Waals surface area contributed by atoms with Crippen LogP contribution in [-0.4, -0.2) is 41.4 Å². The van der Waals surface area contributed by atoms with Crippen LogP contribution in [0.5, 0.6) is 5.75 Å². The molecule has 3 rings (SSSR count). The van der Waals surface area contributed by atoms with Crippen LogP contribution in [0, 0.1) is 5.82 Å². The quantitative estimate of drug-likeness (QED) is 0.510. The van der Waals surface area contributed by atoms with E-state index in [2.05, 4.69) is 0 Å². The van der Waals surface area contributed by atoms with Crippen LogP contribution in [0.2, 0.25) is 0 Å². The molecule has 2 aromatic carbocycles. The number of hydrogen-bond acceptors (Lipinski definition) is 4. The number of carbonyl (C=O) groups excluding carboxylic acids is 2. The number of halogens is 1. The third kappa shape index (κ3) is 4.62. The van der Waals surface area contributed by atoms with Crippen molar-refractivity contribution in [1.29, 1.82) is 0 Å². The van der Waals surface area contributed by atoms with Crippen molar-refractivity contribution >= 4 is 34.7 Å². The lowest BCUT2D eigenvalue weighted by molar-refractivity contribution is -0.122. The Labute approximate surface area is 175 Å². The van der Waals surface area contributed by atoms with E-state index < -0.39 is 11.9 Å². The Kier molecular flexibility index (Phi) is 6.59. The summed E-state index contributed by atoms with van der Waals surface area (Å²) in [6.45, 7) is 2.46. The van der Waals surface area contributed by atoms with Gasteiger partial charge in [-0.25, -0.2) is 9.29 Å². The van der Waals surface area contributed by atoms with Crippen molar-refractivity contribution in [2.45, 2.75) is 32.2 Å². The standard InChI is InChI=1S/C22H23FN2O3S/c1-3-21(29)24(13-12-15-4-10-18(28-2)11-5-15)19-14-20(26)25(22(19)27)17-8-6-16(23)7-9-17/h4-11,19H,3,12-14H2,1-2H3/t19-/m1/s1. The Balaban J connectivity index is 1.77. The zero-order valence-electron chi connectivity index (χ0n) is 16.4. The van der Waals surface area contributed by atoms with Crippen molar-refractivity contribution < 1.29 is 18.7 Å². The normalized spacial score (nSPS) is 16.2. The van der Waals surface area contributed by atoms with E-state index in [1.54, 1.807) is 7.11 Å². The topological polar surface area (TPSA) is 49.9 Å². The third-order valence-corrected chi connectivity index (χ3v) is 5.53.